The number of halogens is 1. The molecule has 90 valence electrons. The van der Waals surface area contributed by atoms with Crippen LogP contribution < -0.4 is 10.5 Å². The van der Waals surface area contributed by atoms with Crippen molar-refractivity contribution >= 4 is 10.0 Å². The van der Waals surface area contributed by atoms with E-state index in [0.29, 0.717) is 12.0 Å². The van der Waals surface area contributed by atoms with E-state index in [9.17, 15) is 12.8 Å². The smallest absolute Gasteiger partial charge is 0.243 e. The van der Waals surface area contributed by atoms with Gasteiger partial charge in [0, 0.05) is 13.1 Å². The molecule has 0 spiro atoms. The molecule has 3 N–H and O–H groups in total. The first-order chi connectivity index (χ1) is 7.51. The molecule has 0 atom stereocenters. The van der Waals surface area contributed by atoms with Crippen LogP contribution in [-0.4, -0.2) is 15.0 Å². The van der Waals surface area contributed by atoms with Crippen LogP contribution in [0.5, 0.6) is 0 Å². The Labute approximate surface area is 94.7 Å². The summed E-state index contributed by atoms with van der Waals surface area (Å²) in [6.07, 6.45) is 0.650. The van der Waals surface area contributed by atoms with E-state index in [4.69, 9.17) is 5.73 Å². The van der Waals surface area contributed by atoms with E-state index < -0.39 is 15.8 Å². The highest BCUT2D eigenvalue weighted by Gasteiger charge is 2.18. The summed E-state index contributed by atoms with van der Waals surface area (Å²) in [6, 6.07) is 3.84. The molecule has 0 aliphatic heterocycles. The van der Waals surface area contributed by atoms with Gasteiger partial charge in [-0.3, -0.25) is 0 Å². The topological polar surface area (TPSA) is 72.2 Å². The summed E-state index contributed by atoms with van der Waals surface area (Å²) >= 11 is 0. The highest BCUT2D eigenvalue weighted by Crippen LogP contribution is 2.16. The van der Waals surface area contributed by atoms with Crippen LogP contribution in [0, 0.1) is 5.82 Å². The molecule has 0 radical (unpaired) electrons. The van der Waals surface area contributed by atoms with Gasteiger partial charge in [-0.05, 0) is 24.1 Å². The van der Waals surface area contributed by atoms with E-state index in [1.54, 1.807) is 0 Å². The average molecular weight is 246 g/mol. The van der Waals surface area contributed by atoms with Crippen molar-refractivity contribution in [3.8, 4) is 0 Å². The van der Waals surface area contributed by atoms with Gasteiger partial charge in [0.15, 0.2) is 0 Å². The number of hydrogen-bond acceptors (Lipinski definition) is 3. The Morgan fingerprint density at radius 2 is 2.12 bits per heavy atom. The minimum Gasteiger partial charge on any atom is -0.326 e. The predicted octanol–water partition coefficient (Wildman–Crippen LogP) is 0.973. The molecular formula is C10H15FN2O2S. The summed E-state index contributed by atoms with van der Waals surface area (Å²) in [5.74, 6) is -0.763. The Bertz CT molecular complexity index is 460. The zero-order chi connectivity index (χ0) is 12.2. The van der Waals surface area contributed by atoms with E-state index in [1.165, 1.54) is 12.1 Å². The third-order valence-electron chi connectivity index (χ3n) is 2.06. The third kappa shape index (κ3) is 3.01. The van der Waals surface area contributed by atoms with Crippen molar-refractivity contribution in [1.29, 1.82) is 0 Å². The maximum absolute atomic E-state index is 13.4. The van der Waals surface area contributed by atoms with E-state index in [0.717, 1.165) is 6.07 Å². The molecule has 16 heavy (non-hydrogen) atoms. The van der Waals surface area contributed by atoms with Crippen LogP contribution in [-0.2, 0) is 16.6 Å². The van der Waals surface area contributed by atoms with E-state index in [1.807, 2.05) is 6.92 Å². The Kier molecular flexibility index (Phi) is 4.40. The van der Waals surface area contributed by atoms with Gasteiger partial charge in [-0.15, -0.1) is 0 Å². The van der Waals surface area contributed by atoms with Crippen LogP contribution in [0.4, 0.5) is 4.39 Å². The molecule has 1 aromatic carbocycles. The Morgan fingerprint density at radius 3 is 2.69 bits per heavy atom. The molecule has 1 rings (SSSR count). The maximum atomic E-state index is 13.4. The van der Waals surface area contributed by atoms with Gasteiger partial charge in [-0.1, -0.05) is 13.0 Å². The first-order valence-electron chi connectivity index (χ1n) is 4.99. The molecular weight excluding hydrogens is 231 g/mol. The van der Waals surface area contributed by atoms with Crippen LogP contribution in [0.2, 0.25) is 0 Å². The minimum atomic E-state index is -3.77. The Morgan fingerprint density at radius 1 is 1.44 bits per heavy atom. The molecule has 0 bridgehead atoms. The zero-order valence-corrected chi connectivity index (χ0v) is 9.85. The van der Waals surface area contributed by atoms with Crippen molar-refractivity contribution in [2.75, 3.05) is 6.54 Å². The minimum absolute atomic E-state index is 0.177. The molecule has 0 saturated carbocycles. The molecule has 0 amide bonds. The predicted molar refractivity (Wildman–Crippen MR) is 59.8 cm³/mol. The van der Waals surface area contributed by atoms with Crippen LogP contribution in [0.15, 0.2) is 23.1 Å². The number of hydrogen-bond donors (Lipinski definition) is 2. The molecule has 0 unspecified atom stereocenters. The van der Waals surface area contributed by atoms with Crippen molar-refractivity contribution in [1.82, 2.24) is 4.72 Å². The molecule has 0 fully saturated rings. The van der Waals surface area contributed by atoms with Crippen molar-refractivity contribution in [3.05, 3.63) is 29.6 Å². The second-order valence-corrected chi connectivity index (χ2v) is 5.10. The van der Waals surface area contributed by atoms with Gasteiger partial charge in [-0.2, -0.15) is 0 Å². The lowest BCUT2D eigenvalue weighted by molar-refractivity contribution is 0.556. The lowest BCUT2D eigenvalue weighted by Crippen LogP contribution is -2.25. The highest BCUT2D eigenvalue weighted by molar-refractivity contribution is 7.89. The van der Waals surface area contributed by atoms with Crippen molar-refractivity contribution in [3.63, 3.8) is 0 Å². The summed E-state index contributed by atoms with van der Waals surface area (Å²) in [5, 5.41) is 0. The van der Waals surface area contributed by atoms with E-state index >= 15 is 0 Å². The first kappa shape index (κ1) is 13.1. The SMILES string of the molecule is CCCNS(=O)(=O)c1cc(CN)ccc1F. The molecule has 0 saturated heterocycles. The maximum Gasteiger partial charge on any atom is 0.243 e. The molecule has 4 nitrogen and oxygen atoms in total. The normalized spacial score (nSPS) is 11.7. The van der Waals surface area contributed by atoms with Crippen LogP contribution in [0.3, 0.4) is 0 Å². The first-order valence-corrected chi connectivity index (χ1v) is 6.47. The van der Waals surface area contributed by atoms with Gasteiger partial charge >= 0.3 is 0 Å². The van der Waals surface area contributed by atoms with Crippen molar-refractivity contribution in [2.24, 2.45) is 5.73 Å². The number of benzene rings is 1. The lowest BCUT2D eigenvalue weighted by atomic mass is 10.2. The summed E-state index contributed by atoms with van der Waals surface area (Å²) in [5.41, 5.74) is 5.96. The molecule has 0 aliphatic rings. The molecule has 1 aromatic rings. The average Bonchev–Trinajstić information content (AvgIpc) is 2.27. The van der Waals surface area contributed by atoms with Gasteiger partial charge in [-0.25, -0.2) is 17.5 Å². The molecule has 6 heteroatoms. The molecule has 0 aliphatic carbocycles. The van der Waals surface area contributed by atoms with Gasteiger partial charge in [0.1, 0.15) is 10.7 Å². The van der Waals surface area contributed by atoms with Crippen LogP contribution in [0.25, 0.3) is 0 Å². The standard InChI is InChI=1S/C10H15FN2O2S/c1-2-5-13-16(14,15)10-6-8(7-12)3-4-9(10)11/h3-4,6,13H,2,5,7,12H2,1H3. The largest absolute Gasteiger partial charge is 0.326 e. The van der Waals surface area contributed by atoms with Gasteiger partial charge in [0.05, 0.1) is 0 Å². The number of nitrogens with one attached hydrogen (secondary N) is 1. The highest BCUT2D eigenvalue weighted by atomic mass is 32.2. The zero-order valence-electron chi connectivity index (χ0n) is 9.03. The van der Waals surface area contributed by atoms with Gasteiger partial charge in [0.2, 0.25) is 10.0 Å². The summed E-state index contributed by atoms with van der Waals surface area (Å²) < 4.78 is 39.1. The molecule has 0 aromatic heterocycles. The van der Waals surface area contributed by atoms with Gasteiger partial charge < -0.3 is 5.73 Å². The fraction of sp³-hybridized carbons (Fsp3) is 0.400. The third-order valence-corrected chi connectivity index (χ3v) is 3.54. The Balaban J connectivity index is 3.11. The second kappa shape index (κ2) is 5.38. The molecule has 0 heterocycles. The number of rotatable bonds is 5. The number of sulfonamides is 1. The summed E-state index contributed by atoms with van der Waals surface area (Å²) in [4.78, 5) is -0.344. The summed E-state index contributed by atoms with van der Waals surface area (Å²) in [6.45, 7) is 2.29. The number of nitrogens with two attached hydrogens (primary N) is 1. The fourth-order valence-corrected chi connectivity index (χ4v) is 2.45. The van der Waals surface area contributed by atoms with Gasteiger partial charge in [0.25, 0.3) is 0 Å². The van der Waals surface area contributed by atoms with Crippen LogP contribution >= 0.6 is 0 Å². The van der Waals surface area contributed by atoms with Crippen molar-refractivity contribution in [2.45, 2.75) is 24.8 Å². The van der Waals surface area contributed by atoms with E-state index in [-0.39, 0.29) is 18.0 Å². The second-order valence-electron chi connectivity index (χ2n) is 3.37. The quantitative estimate of drug-likeness (QED) is 0.813. The Hall–Kier alpha value is -0.980. The fourth-order valence-electron chi connectivity index (χ4n) is 1.19. The summed E-state index contributed by atoms with van der Waals surface area (Å²) in [7, 11) is -3.77. The van der Waals surface area contributed by atoms with Crippen LogP contribution in [0.1, 0.15) is 18.9 Å². The lowest BCUT2D eigenvalue weighted by Gasteiger charge is -2.08. The monoisotopic (exact) mass is 246 g/mol. The van der Waals surface area contributed by atoms with Crippen molar-refractivity contribution < 1.29 is 12.8 Å². The van der Waals surface area contributed by atoms with E-state index in [2.05, 4.69) is 4.72 Å².